The van der Waals surface area contributed by atoms with Crippen LogP contribution in [0.2, 0.25) is 0 Å². The maximum absolute atomic E-state index is 11.6. The molecule has 4 heteroatoms. The predicted octanol–water partition coefficient (Wildman–Crippen LogP) is 1.33. The van der Waals surface area contributed by atoms with Gasteiger partial charge in [-0.05, 0) is 26.0 Å². The topological polar surface area (TPSA) is 59.5 Å². The number of rotatable bonds is 5. The first-order valence-corrected chi connectivity index (χ1v) is 5.54. The molecule has 0 spiro atoms. The molecule has 1 unspecified atom stereocenters. The first-order valence-electron chi connectivity index (χ1n) is 5.54. The number of furan rings is 1. The lowest BCUT2D eigenvalue weighted by Crippen LogP contribution is -2.33. The highest BCUT2D eigenvalue weighted by Crippen LogP contribution is 2.07. The Balaban J connectivity index is 2.34. The molecule has 1 amide bonds. The van der Waals surface area contributed by atoms with Crippen LogP contribution in [0.25, 0.3) is 0 Å². The monoisotopic (exact) mass is 224 g/mol. The van der Waals surface area contributed by atoms with Crippen LogP contribution in [0, 0.1) is 6.92 Å². The van der Waals surface area contributed by atoms with Gasteiger partial charge in [-0.25, -0.2) is 0 Å². The molecule has 2 N–H and O–H groups in total. The third-order valence-electron chi connectivity index (χ3n) is 2.41. The van der Waals surface area contributed by atoms with E-state index < -0.39 is 0 Å². The van der Waals surface area contributed by atoms with Crippen molar-refractivity contribution < 1.29 is 9.21 Å². The zero-order chi connectivity index (χ0) is 12.1. The molecule has 0 aliphatic heterocycles. The Kier molecular flexibility index (Phi) is 4.55. The second kappa shape index (κ2) is 5.70. The number of hydrogen-bond donors (Lipinski definition) is 1. The molecule has 0 saturated heterocycles. The van der Waals surface area contributed by atoms with E-state index in [-0.39, 0.29) is 11.9 Å². The number of carbonyl (C=O) groups is 1. The number of likely N-dealkylation sites (N-methyl/N-ethyl adjacent to an activating group) is 1. The van der Waals surface area contributed by atoms with E-state index in [0.717, 1.165) is 17.9 Å². The van der Waals surface area contributed by atoms with Crippen LogP contribution in [-0.4, -0.2) is 30.4 Å². The minimum Gasteiger partial charge on any atom is -0.466 e. The van der Waals surface area contributed by atoms with Gasteiger partial charge in [-0.15, -0.1) is 0 Å². The SMILES string of the molecule is Cc1ccc(CCN(C)C(=O)CC(C)N)o1. The van der Waals surface area contributed by atoms with Gasteiger partial charge in [0.2, 0.25) is 5.91 Å². The van der Waals surface area contributed by atoms with Gasteiger partial charge in [0.05, 0.1) is 0 Å². The minimum absolute atomic E-state index is 0.0817. The van der Waals surface area contributed by atoms with Crippen LogP contribution in [0.4, 0.5) is 0 Å². The molecule has 0 fully saturated rings. The van der Waals surface area contributed by atoms with E-state index in [1.807, 2.05) is 26.0 Å². The van der Waals surface area contributed by atoms with Crippen molar-refractivity contribution in [3.63, 3.8) is 0 Å². The van der Waals surface area contributed by atoms with E-state index in [9.17, 15) is 4.79 Å². The van der Waals surface area contributed by atoms with Crippen LogP contribution in [0.3, 0.4) is 0 Å². The van der Waals surface area contributed by atoms with E-state index >= 15 is 0 Å². The number of nitrogens with two attached hydrogens (primary N) is 1. The zero-order valence-corrected chi connectivity index (χ0v) is 10.2. The molecule has 0 radical (unpaired) electrons. The molecule has 90 valence electrons. The standard InChI is InChI=1S/C12H20N2O2/c1-9(13)8-12(15)14(3)7-6-11-5-4-10(2)16-11/h4-5,9H,6-8,13H2,1-3H3. The average Bonchev–Trinajstić information content (AvgIpc) is 2.59. The highest BCUT2D eigenvalue weighted by Gasteiger charge is 2.11. The quantitative estimate of drug-likeness (QED) is 0.820. The molecular weight excluding hydrogens is 204 g/mol. The van der Waals surface area contributed by atoms with Crippen molar-refractivity contribution in [2.75, 3.05) is 13.6 Å². The second-order valence-corrected chi connectivity index (χ2v) is 4.26. The van der Waals surface area contributed by atoms with Crippen LogP contribution in [0.1, 0.15) is 24.9 Å². The third kappa shape index (κ3) is 4.06. The summed E-state index contributed by atoms with van der Waals surface area (Å²) < 4.78 is 5.43. The summed E-state index contributed by atoms with van der Waals surface area (Å²) in [4.78, 5) is 13.3. The lowest BCUT2D eigenvalue weighted by Gasteiger charge is -2.17. The van der Waals surface area contributed by atoms with Crippen LogP contribution < -0.4 is 5.73 Å². The van der Waals surface area contributed by atoms with Gasteiger partial charge in [0.15, 0.2) is 0 Å². The van der Waals surface area contributed by atoms with Crippen LogP contribution in [0.15, 0.2) is 16.5 Å². The normalized spacial score (nSPS) is 12.5. The van der Waals surface area contributed by atoms with E-state index in [1.54, 1.807) is 11.9 Å². The lowest BCUT2D eigenvalue weighted by atomic mass is 10.2. The molecule has 0 aliphatic carbocycles. The van der Waals surface area contributed by atoms with Crippen molar-refractivity contribution in [3.8, 4) is 0 Å². The van der Waals surface area contributed by atoms with Gasteiger partial charge in [-0.2, -0.15) is 0 Å². The maximum Gasteiger partial charge on any atom is 0.223 e. The molecule has 0 bridgehead atoms. The van der Waals surface area contributed by atoms with Gasteiger partial charge in [-0.1, -0.05) is 0 Å². The van der Waals surface area contributed by atoms with Gasteiger partial charge in [0.25, 0.3) is 0 Å². The van der Waals surface area contributed by atoms with E-state index in [1.165, 1.54) is 0 Å². The van der Waals surface area contributed by atoms with E-state index in [4.69, 9.17) is 10.2 Å². The Morgan fingerprint density at radius 1 is 1.56 bits per heavy atom. The van der Waals surface area contributed by atoms with Crippen molar-refractivity contribution in [1.82, 2.24) is 4.90 Å². The average molecular weight is 224 g/mol. The summed E-state index contributed by atoms with van der Waals surface area (Å²) >= 11 is 0. The van der Waals surface area contributed by atoms with Gasteiger partial charge in [-0.3, -0.25) is 4.79 Å². The molecule has 1 aromatic rings. The highest BCUT2D eigenvalue weighted by atomic mass is 16.3. The first kappa shape index (κ1) is 12.8. The molecule has 4 nitrogen and oxygen atoms in total. The van der Waals surface area contributed by atoms with Crippen molar-refractivity contribution in [2.45, 2.75) is 32.7 Å². The predicted molar refractivity (Wildman–Crippen MR) is 63.1 cm³/mol. The Hall–Kier alpha value is -1.29. The molecule has 1 rings (SSSR count). The van der Waals surface area contributed by atoms with Crippen molar-refractivity contribution in [1.29, 1.82) is 0 Å². The van der Waals surface area contributed by atoms with Gasteiger partial charge in [0.1, 0.15) is 11.5 Å². The molecule has 1 heterocycles. The number of aryl methyl sites for hydroxylation is 1. The number of nitrogens with zero attached hydrogens (tertiary/aromatic N) is 1. The number of amides is 1. The zero-order valence-electron chi connectivity index (χ0n) is 10.2. The van der Waals surface area contributed by atoms with Gasteiger partial charge >= 0.3 is 0 Å². The third-order valence-corrected chi connectivity index (χ3v) is 2.41. The Bertz CT molecular complexity index is 345. The summed E-state index contributed by atoms with van der Waals surface area (Å²) in [5.74, 6) is 1.90. The highest BCUT2D eigenvalue weighted by molar-refractivity contribution is 5.76. The van der Waals surface area contributed by atoms with Crippen molar-refractivity contribution in [2.24, 2.45) is 5.73 Å². The summed E-state index contributed by atoms with van der Waals surface area (Å²) in [7, 11) is 1.79. The fraction of sp³-hybridized carbons (Fsp3) is 0.583. The second-order valence-electron chi connectivity index (χ2n) is 4.26. The van der Waals surface area contributed by atoms with E-state index in [2.05, 4.69) is 0 Å². The number of carbonyl (C=O) groups excluding carboxylic acids is 1. The van der Waals surface area contributed by atoms with Crippen LogP contribution in [-0.2, 0) is 11.2 Å². The fourth-order valence-electron chi connectivity index (χ4n) is 1.45. The summed E-state index contributed by atoms with van der Waals surface area (Å²) in [5, 5.41) is 0. The lowest BCUT2D eigenvalue weighted by molar-refractivity contribution is -0.130. The largest absolute Gasteiger partial charge is 0.466 e. The molecule has 0 saturated carbocycles. The Morgan fingerprint density at radius 2 is 2.25 bits per heavy atom. The fourth-order valence-corrected chi connectivity index (χ4v) is 1.45. The van der Waals surface area contributed by atoms with Crippen LogP contribution in [0.5, 0.6) is 0 Å². The molecular formula is C12H20N2O2. The molecule has 16 heavy (non-hydrogen) atoms. The number of hydrogen-bond acceptors (Lipinski definition) is 3. The summed E-state index contributed by atoms with van der Waals surface area (Å²) in [6.45, 7) is 4.41. The Morgan fingerprint density at radius 3 is 2.75 bits per heavy atom. The first-order chi connectivity index (χ1) is 7.49. The Labute approximate surface area is 96.4 Å². The smallest absolute Gasteiger partial charge is 0.223 e. The summed E-state index contributed by atoms with van der Waals surface area (Å²) in [5.41, 5.74) is 5.58. The molecule has 0 aliphatic rings. The minimum atomic E-state index is -0.0826. The van der Waals surface area contributed by atoms with Crippen molar-refractivity contribution in [3.05, 3.63) is 23.7 Å². The molecule has 1 aromatic heterocycles. The molecule has 0 aromatic carbocycles. The molecule has 1 atom stereocenters. The maximum atomic E-state index is 11.6. The summed E-state index contributed by atoms with van der Waals surface area (Å²) in [6.07, 6.45) is 1.14. The van der Waals surface area contributed by atoms with Crippen molar-refractivity contribution >= 4 is 5.91 Å². The van der Waals surface area contributed by atoms with E-state index in [0.29, 0.717) is 13.0 Å². The van der Waals surface area contributed by atoms with Gasteiger partial charge < -0.3 is 15.1 Å². The van der Waals surface area contributed by atoms with Crippen LogP contribution >= 0.6 is 0 Å². The summed E-state index contributed by atoms with van der Waals surface area (Å²) in [6, 6.07) is 3.79. The van der Waals surface area contributed by atoms with Gasteiger partial charge in [0, 0.05) is 32.5 Å².